The van der Waals surface area contributed by atoms with Crippen LogP contribution in [0.3, 0.4) is 0 Å². The first-order valence-corrected chi connectivity index (χ1v) is 6.27. The Morgan fingerprint density at radius 2 is 2.15 bits per heavy atom. The molecule has 0 aliphatic rings. The van der Waals surface area contributed by atoms with E-state index in [1.54, 1.807) is 18.5 Å². The second-order valence-corrected chi connectivity index (χ2v) is 4.47. The molecule has 4 heteroatoms. The van der Waals surface area contributed by atoms with Crippen LogP contribution in [0, 0.1) is 6.92 Å². The zero-order valence-electron chi connectivity index (χ0n) is 11.5. The summed E-state index contributed by atoms with van der Waals surface area (Å²) in [5, 5.41) is 3.92. The van der Waals surface area contributed by atoms with Crippen LogP contribution in [0.2, 0.25) is 0 Å². The maximum Gasteiger partial charge on any atom is 0.271 e. The minimum Gasteiger partial charge on any atom is -0.465 e. The molecular weight excluding hydrogens is 252 g/mol. The zero-order valence-corrected chi connectivity index (χ0v) is 11.5. The third kappa shape index (κ3) is 3.95. The largest absolute Gasteiger partial charge is 0.465 e. The van der Waals surface area contributed by atoms with Crippen molar-refractivity contribution in [2.24, 2.45) is 5.10 Å². The average molecular weight is 268 g/mol. The van der Waals surface area contributed by atoms with Gasteiger partial charge in [0.25, 0.3) is 5.91 Å². The van der Waals surface area contributed by atoms with Crippen LogP contribution < -0.4 is 5.43 Å². The van der Waals surface area contributed by atoms with Gasteiger partial charge in [0.2, 0.25) is 0 Å². The van der Waals surface area contributed by atoms with Crippen molar-refractivity contribution in [3.05, 3.63) is 65.1 Å². The summed E-state index contributed by atoms with van der Waals surface area (Å²) in [6, 6.07) is 11.0. The van der Waals surface area contributed by atoms with Gasteiger partial charge in [-0.25, -0.2) is 5.43 Å². The van der Waals surface area contributed by atoms with E-state index in [0.717, 1.165) is 16.9 Å². The Bertz CT molecular complexity index is 640. The number of aryl methyl sites for hydroxylation is 1. The number of carbonyl (C=O) groups excluding carboxylic acids is 1. The Hall–Kier alpha value is -2.62. The Labute approximate surface area is 117 Å². The fourth-order valence-electron chi connectivity index (χ4n) is 1.68. The van der Waals surface area contributed by atoms with Crippen LogP contribution in [-0.2, 0) is 0 Å². The fraction of sp³-hybridized carbons (Fsp3) is 0.125. The van der Waals surface area contributed by atoms with E-state index in [9.17, 15) is 4.79 Å². The van der Waals surface area contributed by atoms with Crippen LogP contribution in [0.15, 0.2) is 57.8 Å². The predicted molar refractivity (Wildman–Crippen MR) is 79.5 cm³/mol. The number of benzene rings is 1. The molecule has 0 spiro atoms. The topological polar surface area (TPSA) is 54.6 Å². The summed E-state index contributed by atoms with van der Waals surface area (Å²) in [6.07, 6.45) is 5.02. The van der Waals surface area contributed by atoms with E-state index < -0.39 is 0 Å². The quantitative estimate of drug-likeness (QED) is 0.682. The number of amides is 1. The Balaban J connectivity index is 1.95. The lowest BCUT2D eigenvalue weighted by Crippen LogP contribution is -2.17. The maximum atomic E-state index is 11.8. The SMILES string of the molecule is CC(/C=N/NC(=O)c1cccc(C)c1)=C\c1ccco1. The summed E-state index contributed by atoms with van der Waals surface area (Å²) in [5.74, 6) is 0.523. The maximum absolute atomic E-state index is 11.8. The smallest absolute Gasteiger partial charge is 0.271 e. The van der Waals surface area contributed by atoms with Crippen molar-refractivity contribution in [1.29, 1.82) is 0 Å². The molecule has 0 bridgehead atoms. The number of hydrazone groups is 1. The van der Waals surface area contributed by atoms with Gasteiger partial charge in [0.05, 0.1) is 12.5 Å². The van der Waals surface area contributed by atoms with Gasteiger partial charge in [-0.15, -0.1) is 0 Å². The first kappa shape index (κ1) is 13.8. The third-order valence-corrected chi connectivity index (χ3v) is 2.63. The number of rotatable bonds is 4. The summed E-state index contributed by atoms with van der Waals surface area (Å²) in [4.78, 5) is 11.8. The molecule has 1 N–H and O–H groups in total. The molecule has 2 rings (SSSR count). The Kier molecular flexibility index (Phi) is 4.50. The molecule has 0 aliphatic carbocycles. The van der Waals surface area contributed by atoms with Crippen molar-refractivity contribution in [3.63, 3.8) is 0 Å². The highest BCUT2D eigenvalue weighted by molar-refractivity contribution is 5.95. The van der Waals surface area contributed by atoms with Crippen molar-refractivity contribution in [2.75, 3.05) is 0 Å². The van der Waals surface area contributed by atoms with Gasteiger partial charge in [-0.1, -0.05) is 17.7 Å². The number of hydrogen-bond acceptors (Lipinski definition) is 3. The molecule has 0 radical (unpaired) electrons. The number of nitrogens with one attached hydrogen (secondary N) is 1. The number of hydrogen-bond donors (Lipinski definition) is 1. The molecule has 0 saturated heterocycles. The van der Waals surface area contributed by atoms with Crippen molar-refractivity contribution in [1.82, 2.24) is 5.43 Å². The van der Waals surface area contributed by atoms with E-state index in [4.69, 9.17) is 4.42 Å². The lowest BCUT2D eigenvalue weighted by molar-refractivity contribution is 0.0955. The van der Waals surface area contributed by atoms with Crippen molar-refractivity contribution in [3.8, 4) is 0 Å². The van der Waals surface area contributed by atoms with Gasteiger partial charge in [-0.2, -0.15) is 5.10 Å². The van der Waals surface area contributed by atoms with E-state index in [1.807, 2.05) is 50.3 Å². The Morgan fingerprint density at radius 3 is 2.85 bits per heavy atom. The molecule has 1 heterocycles. The molecule has 0 aliphatic heterocycles. The molecule has 2 aromatic rings. The highest BCUT2D eigenvalue weighted by atomic mass is 16.3. The number of nitrogens with zero attached hydrogens (tertiary/aromatic N) is 1. The van der Waals surface area contributed by atoms with Crippen LogP contribution in [0.1, 0.15) is 28.6 Å². The number of carbonyl (C=O) groups is 1. The lowest BCUT2D eigenvalue weighted by Gasteiger charge is -2.00. The second-order valence-electron chi connectivity index (χ2n) is 4.47. The molecule has 4 nitrogen and oxygen atoms in total. The lowest BCUT2D eigenvalue weighted by atomic mass is 10.1. The monoisotopic (exact) mass is 268 g/mol. The van der Waals surface area contributed by atoms with Crippen LogP contribution in [0.5, 0.6) is 0 Å². The molecule has 0 atom stereocenters. The molecule has 20 heavy (non-hydrogen) atoms. The molecule has 1 aromatic heterocycles. The summed E-state index contributed by atoms with van der Waals surface area (Å²) in [6.45, 7) is 3.82. The minimum absolute atomic E-state index is 0.226. The minimum atomic E-state index is -0.226. The first-order chi connectivity index (χ1) is 9.65. The van der Waals surface area contributed by atoms with Gasteiger partial charge in [0.15, 0.2) is 0 Å². The average Bonchev–Trinajstić information content (AvgIpc) is 2.91. The molecule has 1 aromatic carbocycles. The zero-order chi connectivity index (χ0) is 14.4. The van der Waals surface area contributed by atoms with E-state index in [-0.39, 0.29) is 5.91 Å². The molecule has 0 unspecified atom stereocenters. The second kappa shape index (κ2) is 6.52. The molecular formula is C16H16N2O2. The van der Waals surface area contributed by atoms with E-state index in [0.29, 0.717) is 5.56 Å². The highest BCUT2D eigenvalue weighted by Crippen LogP contribution is 2.06. The summed E-state index contributed by atoms with van der Waals surface area (Å²) in [5.41, 5.74) is 5.00. The number of allylic oxidation sites excluding steroid dienone is 1. The van der Waals surface area contributed by atoms with Gasteiger partial charge < -0.3 is 4.42 Å². The fourth-order valence-corrected chi connectivity index (χ4v) is 1.68. The van der Waals surface area contributed by atoms with Gasteiger partial charge >= 0.3 is 0 Å². The van der Waals surface area contributed by atoms with Crippen LogP contribution >= 0.6 is 0 Å². The third-order valence-electron chi connectivity index (χ3n) is 2.63. The van der Waals surface area contributed by atoms with Gasteiger partial charge in [0, 0.05) is 5.56 Å². The van der Waals surface area contributed by atoms with Gasteiger partial charge in [-0.3, -0.25) is 4.79 Å². The standard InChI is InChI=1S/C16H16N2O2/c1-12-5-3-6-14(9-12)16(19)18-17-11-13(2)10-15-7-4-8-20-15/h3-11H,1-2H3,(H,18,19)/b13-10+,17-11+. The summed E-state index contributed by atoms with van der Waals surface area (Å²) in [7, 11) is 0. The summed E-state index contributed by atoms with van der Waals surface area (Å²) >= 11 is 0. The summed E-state index contributed by atoms with van der Waals surface area (Å²) < 4.78 is 5.19. The van der Waals surface area contributed by atoms with E-state index in [1.165, 1.54) is 0 Å². The number of furan rings is 1. The predicted octanol–water partition coefficient (Wildman–Crippen LogP) is 3.41. The van der Waals surface area contributed by atoms with Gasteiger partial charge in [0.1, 0.15) is 5.76 Å². The Morgan fingerprint density at radius 1 is 1.30 bits per heavy atom. The molecule has 1 amide bonds. The van der Waals surface area contributed by atoms with Crippen LogP contribution in [-0.4, -0.2) is 12.1 Å². The molecule has 0 saturated carbocycles. The highest BCUT2D eigenvalue weighted by Gasteiger charge is 2.02. The van der Waals surface area contributed by atoms with Crippen molar-refractivity contribution < 1.29 is 9.21 Å². The molecule has 0 fully saturated rings. The van der Waals surface area contributed by atoms with Gasteiger partial charge in [-0.05, 0) is 49.8 Å². The molecule has 102 valence electrons. The van der Waals surface area contributed by atoms with Crippen molar-refractivity contribution >= 4 is 18.2 Å². The normalized spacial score (nSPS) is 11.8. The van der Waals surface area contributed by atoms with Crippen LogP contribution in [0.4, 0.5) is 0 Å². The first-order valence-electron chi connectivity index (χ1n) is 6.27. The van der Waals surface area contributed by atoms with E-state index >= 15 is 0 Å². The van der Waals surface area contributed by atoms with Crippen molar-refractivity contribution in [2.45, 2.75) is 13.8 Å². The van der Waals surface area contributed by atoms with Crippen LogP contribution in [0.25, 0.3) is 6.08 Å². The van der Waals surface area contributed by atoms with E-state index in [2.05, 4.69) is 10.5 Å².